The maximum Gasteiger partial charge on any atom is 0.137 e. The highest BCUT2D eigenvalue weighted by atomic mass is 16.1. The van der Waals surface area contributed by atoms with Gasteiger partial charge in [-0.05, 0) is 51.0 Å². The van der Waals surface area contributed by atoms with Crippen molar-refractivity contribution in [1.29, 1.82) is 0 Å². The smallest absolute Gasteiger partial charge is 0.137 e. The van der Waals surface area contributed by atoms with Gasteiger partial charge in [-0.25, -0.2) is 0 Å². The monoisotopic (exact) mass is 265 g/mol. The van der Waals surface area contributed by atoms with E-state index in [9.17, 15) is 4.79 Å². The van der Waals surface area contributed by atoms with E-state index in [0.29, 0.717) is 17.7 Å². The first-order chi connectivity index (χ1) is 9.11. The molecule has 1 heterocycles. The molecule has 0 aromatic rings. The van der Waals surface area contributed by atoms with E-state index >= 15 is 0 Å². The minimum absolute atomic E-state index is 0.332. The average Bonchev–Trinajstić information content (AvgIpc) is 2.39. The topological polar surface area (TPSA) is 20.3 Å². The molecule has 4 unspecified atom stereocenters. The quantitative estimate of drug-likeness (QED) is 0.768. The fourth-order valence-electron chi connectivity index (χ4n) is 4.01. The number of hydrogen-bond acceptors (Lipinski definition) is 2. The molecule has 0 aromatic carbocycles. The number of rotatable bonds is 4. The summed E-state index contributed by atoms with van der Waals surface area (Å²) in [4.78, 5) is 14.8. The predicted molar refractivity (Wildman–Crippen MR) is 80.2 cm³/mol. The summed E-state index contributed by atoms with van der Waals surface area (Å²) in [6, 6.07) is 0.660. The van der Waals surface area contributed by atoms with Crippen LogP contribution < -0.4 is 0 Å². The molecule has 110 valence electrons. The zero-order valence-electron chi connectivity index (χ0n) is 13.0. The molecule has 2 rings (SSSR count). The van der Waals surface area contributed by atoms with Gasteiger partial charge in [0.2, 0.25) is 0 Å². The molecule has 2 nitrogen and oxygen atoms in total. The summed E-state index contributed by atoms with van der Waals surface area (Å²) in [6.45, 7) is 9.21. The van der Waals surface area contributed by atoms with Gasteiger partial charge >= 0.3 is 0 Å². The SMILES string of the molecule is CCCC1CCC(=O)C(CN2CCCC(C)C2C)C1. The number of carbonyl (C=O) groups is 1. The summed E-state index contributed by atoms with van der Waals surface area (Å²) in [7, 11) is 0. The second-order valence-corrected chi connectivity index (χ2v) is 6.95. The second-order valence-electron chi connectivity index (χ2n) is 6.95. The van der Waals surface area contributed by atoms with Crippen LogP contribution in [0.5, 0.6) is 0 Å². The lowest BCUT2D eigenvalue weighted by molar-refractivity contribution is -0.126. The first-order valence-corrected chi connectivity index (χ1v) is 8.38. The van der Waals surface area contributed by atoms with Gasteiger partial charge in [-0.1, -0.05) is 26.7 Å². The number of hydrogen-bond donors (Lipinski definition) is 0. The molecule has 0 radical (unpaired) electrons. The Hall–Kier alpha value is -0.370. The van der Waals surface area contributed by atoms with Gasteiger partial charge in [0.05, 0.1) is 0 Å². The van der Waals surface area contributed by atoms with Crippen molar-refractivity contribution < 1.29 is 4.79 Å². The average molecular weight is 265 g/mol. The minimum Gasteiger partial charge on any atom is -0.300 e. The maximum absolute atomic E-state index is 12.2. The Morgan fingerprint density at radius 2 is 2.05 bits per heavy atom. The molecule has 1 saturated carbocycles. The molecule has 0 amide bonds. The lowest BCUT2D eigenvalue weighted by Gasteiger charge is -2.41. The molecule has 1 aliphatic carbocycles. The Morgan fingerprint density at radius 1 is 1.26 bits per heavy atom. The molecule has 2 aliphatic rings. The fourth-order valence-corrected chi connectivity index (χ4v) is 4.01. The van der Waals surface area contributed by atoms with Crippen molar-refractivity contribution in [2.24, 2.45) is 17.8 Å². The van der Waals surface area contributed by atoms with Crippen molar-refractivity contribution in [3.63, 3.8) is 0 Å². The summed E-state index contributed by atoms with van der Waals surface area (Å²) in [5, 5.41) is 0. The van der Waals surface area contributed by atoms with Gasteiger partial charge in [-0.15, -0.1) is 0 Å². The standard InChI is InChI=1S/C17H31NO/c1-4-6-15-8-9-17(19)16(11-15)12-18-10-5-7-13(2)14(18)3/h13-16H,4-12H2,1-3H3. The van der Waals surface area contributed by atoms with Crippen LogP contribution in [0, 0.1) is 17.8 Å². The number of carbonyl (C=O) groups excluding carboxylic acids is 1. The van der Waals surface area contributed by atoms with Crippen molar-refractivity contribution in [3.8, 4) is 0 Å². The number of ketones is 1. The lowest BCUT2D eigenvalue weighted by Crippen LogP contribution is -2.46. The number of piperidine rings is 1. The van der Waals surface area contributed by atoms with E-state index in [-0.39, 0.29) is 0 Å². The van der Waals surface area contributed by atoms with Gasteiger partial charge in [0.15, 0.2) is 0 Å². The largest absolute Gasteiger partial charge is 0.300 e. The van der Waals surface area contributed by atoms with E-state index in [4.69, 9.17) is 0 Å². The van der Waals surface area contributed by atoms with Crippen LogP contribution in [0.25, 0.3) is 0 Å². The highest BCUT2D eigenvalue weighted by molar-refractivity contribution is 5.82. The van der Waals surface area contributed by atoms with E-state index in [1.54, 1.807) is 0 Å². The molecule has 2 heteroatoms. The molecule has 0 N–H and O–H groups in total. The van der Waals surface area contributed by atoms with Gasteiger partial charge in [0.1, 0.15) is 5.78 Å². The van der Waals surface area contributed by atoms with Gasteiger partial charge < -0.3 is 0 Å². The number of Topliss-reactive ketones (excluding diaryl/α,β-unsaturated/α-hetero) is 1. The summed E-state index contributed by atoms with van der Waals surface area (Å²) in [5.74, 6) is 2.47. The third-order valence-electron chi connectivity index (χ3n) is 5.53. The molecular formula is C17H31NO. The van der Waals surface area contributed by atoms with Crippen molar-refractivity contribution >= 4 is 5.78 Å². The summed E-state index contributed by atoms with van der Waals surface area (Å²) < 4.78 is 0. The highest BCUT2D eigenvalue weighted by Gasteiger charge is 2.32. The summed E-state index contributed by atoms with van der Waals surface area (Å²) >= 11 is 0. The van der Waals surface area contributed by atoms with Gasteiger partial charge in [0, 0.05) is 24.9 Å². The molecule has 19 heavy (non-hydrogen) atoms. The molecule has 4 atom stereocenters. The van der Waals surface area contributed by atoms with E-state index in [1.165, 1.54) is 32.2 Å². The third-order valence-corrected chi connectivity index (χ3v) is 5.53. The van der Waals surface area contributed by atoms with Crippen molar-refractivity contribution in [2.45, 2.75) is 71.8 Å². The predicted octanol–water partition coefficient (Wildman–Crippen LogP) is 3.89. The summed E-state index contributed by atoms with van der Waals surface area (Å²) in [5.41, 5.74) is 0. The van der Waals surface area contributed by atoms with Gasteiger partial charge in [-0.2, -0.15) is 0 Å². The zero-order valence-corrected chi connectivity index (χ0v) is 13.0. The molecular weight excluding hydrogens is 234 g/mol. The maximum atomic E-state index is 12.2. The van der Waals surface area contributed by atoms with Crippen LogP contribution >= 0.6 is 0 Å². The molecule has 2 fully saturated rings. The van der Waals surface area contributed by atoms with Gasteiger partial charge in [0.25, 0.3) is 0 Å². The first-order valence-electron chi connectivity index (χ1n) is 8.38. The van der Waals surface area contributed by atoms with Crippen molar-refractivity contribution in [1.82, 2.24) is 4.90 Å². The zero-order chi connectivity index (χ0) is 13.8. The first kappa shape index (κ1) is 15.0. The summed E-state index contributed by atoms with van der Waals surface area (Å²) in [6.07, 6.45) is 8.39. The highest BCUT2D eigenvalue weighted by Crippen LogP contribution is 2.32. The van der Waals surface area contributed by atoms with Gasteiger partial charge in [-0.3, -0.25) is 9.69 Å². The van der Waals surface area contributed by atoms with E-state index < -0.39 is 0 Å². The van der Waals surface area contributed by atoms with Crippen LogP contribution in [0.15, 0.2) is 0 Å². The van der Waals surface area contributed by atoms with Crippen molar-refractivity contribution in [3.05, 3.63) is 0 Å². The van der Waals surface area contributed by atoms with E-state index in [1.807, 2.05) is 0 Å². The molecule has 0 aromatic heterocycles. The van der Waals surface area contributed by atoms with Crippen LogP contribution in [-0.2, 0) is 4.79 Å². The minimum atomic E-state index is 0.332. The van der Waals surface area contributed by atoms with Crippen LogP contribution in [0.4, 0.5) is 0 Å². The molecule has 0 spiro atoms. The molecule has 1 aliphatic heterocycles. The van der Waals surface area contributed by atoms with Crippen LogP contribution in [0.3, 0.4) is 0 Å². The fraction of sp³-hybridized carbons (Fsp3) is 0.941. The van der Waals surface area contributed by atoms with Crippen molar-refractivity contribution in [2.75, 3.05) is 13.1 Å². The second kappa shape index (κ2) is 6.88. The number of likely N-dealkylation sites (tertiary alicyclic amines) is 1. The van der Waals surface area contributed by atoms with Crippen LogP contribution in [0.1, 0.15) is 65.7 Å². The Balaban J connectivity index is 1.90. The van der Waals surface area contributed by atoms with Crippen LogP contribution in [-0.4, -0.2) is 29.8 Å². The van der Waals surface area contributed by atoms with Crippen LogP contribution in [0.2, 0.25) is 0 Å². The Labute approximate surface area is 118 Å². The normalized spacial score (nSPS) is 37.5. The van der Waals surface area contributed by atoms with E-state index in [2.05, 4.69) is 25.7 Å². The lowest BCUT2D eigenvalue weighted by atomic mass is 9.78. The van der Waals surface area contributed by atoms with E-state index in [0.717, 1.165) is 37.6 Å². The Kier molecular flexibility index (Phi) is 5.44. The molecule has 0 bridgehead atoms. The Morgan fingerprint density at radius 3 is 2.79 bits per heavy atom. The third kappa shape index (κ3) is 3.81. The number of nitrogens with zero attached hydrogens (tertiary/aromatic N) is 1. The Bertz CT molecular complexity index is 302. The molecule has 1 saturated heterocycles.